The van der Waals surface area contributed by atoms with Crippen LogP contribution in [0.2, 0.25) is 0 Å². The lowest BCUT2D eigenvalue weighted by atomic mass is 10.1. The molecule has 25 heavy (non-hydrogen) atoms. The summed E-state index contributed by atoms with van der Waals surface area (Å²) in [6, 6.07) is 8.01. The van der Waals surface area contributed by atoms with Crippen LogP contribution in [0.4, 0.5) is 16.0 Å². The third kappa shape index (κ3) is 5.14. The number of carbonyl (C=O) groups is 1. The second-order valence-electron chi connectivity index (χ2n) is 6.04. The van der Waals surface area contributed by atoms with Crippen molar-refractivity contribution in [2.75, 3.05) is 36.4 Å². The number of rotatable bonds is 7. The fourth-order valence-corrected chi connectivity index (χ4v) is 2.85. The molecule has 0 atom stereocenters. The lowest BCUT2D eigenvalue weighted by molar-refractivity contribution is -0.120. The van der Waals surface area contributed by atoms with Crippen molar-refractivity contribution in [1.29, 1.82) is 0 Å². The van der Waals surface area contributed by atoms with Crippen LogP contribution in [0.25, 0.3) is 0 Å². The van der Waals surface area contributed by atoms with Crippen molar-refractivity contribution >= 4 is 17.5 Å². The minimum atomic E-state index is -0.329. The van der Waals surface area contributed by atoms with E-state index in [-0.39, 0.29) is 18.1 Å². The van der Waals surface area contributed by atoms with Gasteiger partial charge in [-0.25, -0.2) is 14.4 Å². The molecule has 1 aliphatic rings. The van der Waals surface area contributed by atoms with Gasteiger partial charge in [0.15, 0.2) is 0 Å². The number of halogens is 1. The second-order valence-corrected chi connectivity index (χ2v) is 6.04. The van der Waals surface area contributed by atoms with E-state index in [0.717, 1.165) is 24.7 Å². The zero-order chi connectivity index (χ0) is 17.5. The van der Waals surface area contributed by atoms with Gasteiger partial charge in [-0.1, -0.05) is 12.1 Å². The summed E-state index contributed by atoms with van der Waals surface area (Å²) in [5, 5.41) is 6.00. The van der Waals surface area contributed by atoms with E-state index < -0.39 is 0 Å². The molecule has 1 amide bonds. The van der Waals surface area contributed by atoms with Gasteiger partial charge >= 0.3 is 0 Å². The molecule has 1 aliphatic heterocycles. The number of benzene rings is 1. The fourth-order valence-electron chi connectivity index (χ4n) is 2.85. The molecule has 7 heteroatoms. The Hall–Kier alpha value is -2.70. The predicted molar refractivity (Wildman–Crippen MR) is 95.1 cm³/mol. The summed E-state index contributed by atoms with van der Waals surface area (Å²) < 4.78 is 13.1. The molecule has 1 aromatic carbocycles. The van der Waals surface area contributed by atoms with Crippen LogP contribution in [0.15, 0.2) is 36.7 Å². The molecule has 0 unspecified atom stereocenters. The van der Waals surface area contributed by atoms with Gasteiger partial charge in [0.25, 0.3) is 0 Å². The van der Waals surface area contributed by atoms with Crippen molar-refractivity contribution in [3.63, 3.8) is 0 Å². The van der Waals surface area contributed by atoms with Crippen molar-refractivity contribution in [2.24, 2.45) is 0 Å². The molecule has 132 valence electrons. The zero-order valence-electron chi connectivity index (χ0n) is 14.0. The monoisotopic (exact) mass is 343 g/mol. The summed E-state index contributed by atoms with van der Waals surface area (Å²) in [7, 11) is 0. The van der Waals surface area contributed by atoms with Gasteiger partial charge in [-0.2, -0.15) is 0 Å². The summed E-state index contributed by atoms with van der Waals surface area (Å²) >= 11 is 0. The molecule has 1 aromatic heterocycles. The highest BCUT2D eigenvalue weighted by atomic mass is 19.1. The molecule has 2 aromatic rings. The Morgan fingerprint density at radius 1 is 1.16 bits per heavy atom. The third-order valence-electron chi connectivity index (χ3n) is 4.09. The van der Waals surface area contributed by atoms with Gasteiger partial charge in [0, 0.05) is 32.2 Å². The Morgan fingerprint density at radius 3 is 2.80 bits per heavy atom. The smallest absolute Gasteiger partial charge is 0.224 e. The molecular formula is C18H22FN5O. The van der Waals surface area contributed by atoms with Crippen LogP contribution in [0.3, 0.4) is 0 Å². The molecule has 3 rings (SSSR count). The predicted octanol–water partition coefficient (Wildman–Crippen LogP) is 1.99. The topological polar surface area (TPSA) is 70.2 Å². The molecule has 0 spiro atoms. The van der Waals surface area contributed by atoms with Gasteiger partial charge < -0.3 is 15.5 Å². The number of aromatic nitrogens is 2. The van der Waals surface area contributed by atoms with Gasteiger partial charge in [0.2, 0.25) is 5.91 Å². The Kier molecular flexibility index (Phi) is 5.77. The summed E-state index contributed by atoms with van der Waals surface area (Å²) in [6.45, 7) is 3.10. The molecular weight excluding hydrogens is 321 g/mol. The minimum absolute atomic E-state index is 0.132. The highest BCUT2D eigenvalue weighted by Crippen LogP contribution is 2.18. The normalized spacial score (nSPS) is 13.7. The molecule has 2 N–H and O–H groups in total. The molecule has 0 saturated carbocycles. The average molecular weight is 343 g/mol. The maximum atomic E-state index is 13.1. The lowest BCUT2D eigenvalue weighted by Gasteiger charge is -2.16. The SMILES string of the molecule is O=C(Cc1cccc(F)c1)NCCNc1cc(N2CCCC2)ncn1. The molecule has 1 saturated heterocycles. The molecule has 0 aliphatic carbocycles. The van der Waals surface area contributed by atoms with Crippen LogP contribution in [0.1, 0.15) is 18.4 Å². The second kappa shape index (κ2) is 8.41. The van der Waals surface area contributed by atoms with Crippen LogP contribution < -0.4 is 15.5 Å². The first kappa shape index (κ1) is 17.1. The number of hydrogen-bond acceptors (Lipinski definition) is 5. The molecule has 0 radical (unpaired) electrons. The average Bonchev–Trinajstić information content (AvgIpc) is 3.14. The highest BCUT2D eigenvalue weighted by molar-refractivity contribution is 5.78. The number of nitrogens with zero attached hydrogens (tertiary/aromatic N) is 3. The Balaban J connectivity index is 1.41. The number of hydrogen-bond donors (Lipinski definition) is 2. The summed E-state index contributed by atoms with van der Waals surface area (Å²) in [5.41, 5.74) is 0.663. The van der Waals surface area contributed by atoms with Crippen LogP contribution in [-0.2, 0) is 11.2 Å². The van der Waals surface area contributed by atoms with E-state index in [0.29, 0.717) is 18.7 Å². The first-order valence-electron chi connectivity index (χ1n) is 8.53. The van der Waals surface area contributed by atoms with Crippen LogP contribution in [0, 0.1) is 5.82 Å². The molecule has 0 bridgehead atoms. The molecule has 2 heterocycles. The molecule has 1 fully saturated rings. The van der Waals surface area contributed by atoms with Crippen molar-refractivity contribution in [2.45, 2.75) is 19.3 Å². The number of anilines is 2. The first-order chi connectivity index (χ1) is 12.2. The third-order valence-corrected chi connectivity index (χ3v) is 4.09. The van der Waals surface area contributed by atoms with E-state index in [1.165, 1.54) is 25.0 Å². The van der Waals surface area contributed by atoms with Crippen molar-refractivity contribution in [3.8, 4) is 0 Å². The van der Waals surface area contributed by atoms with E-state index in [1.807, 2.05) is 6.07 Å². The van der Waals surface area contributed by atoms with Crippen LogP contribution in [-0.4, -0.2) is 42.1 Å². The maximum Gasteiger partial charge on any atom is 0.224 e. The number of nitrogens with one attached hydrogen (secondary N) is 2. The van der Waals surface area contributed by atoms with Gasteiger partial charge in [-0.15, -0.1) is 0 Å². The first-order valence-corrected chi connectivity index (χ1v) is 8.53. The summed E-state index contributed by atoms with van der Waals surface area (Å²) in [5.74, 6) is 1.22. The van der Waals surface area contributed by atoms with Crippen molar-refractivity contribution in [3.05, 3.63) is 48.0 Å². The molecule has 6 nitrogen and oxygen atoms in total. The maximum absolute atomic E-state index is 13.1. The van der Waals surface area contributed by atoms with Gasteiger partial charge in [-0.05, 0) is 30.5 Å². The van der Waals surface area contributed by atoms with E-state index in [1.54, 1.807) is 18.5 Å². The minimum Gasteiger partial charge on any atom is -0.368 e. The fraction of sp³-hybridized carbons (Fsp3) is 0.389. The van der Waals surface area contributed by atoms with Crippen molar-refractivity contribution < 1.29 is 9.18 Å². The summed E-state index contributed by atoms with van der Waals surface area (Å²) in [6.07, 6.45) is 4.12. The van der Waals surface area contributed by atoms with Gasteiger partial charge in [0.05, 0.1) is 6.42 Å². The summed E-state index contributed by atoms with van der Waals surface area (Å²) in [4.78, 5) is 22.6. The van der Waals surface area contributed by atoms with Crippen LogP contribution in [0.5, 0.6) is 0 Å². The Morgan fingerprint density at radius 2 is 2.00 bits per heavy atom. The lowest BCUT2D eigenvalue weighted by Crippen LogP contribution is -2.30. The van der Waals surface area contributed by atoms with E-state index >= 15 is 0 Å². The largest absolute Gasteiger partial charge is 0.368 e. The van der Waals surface area contributed by atoms with E-state index in [2.05, 4.69) is 25.5 Å². The zero-order valence-corrected chi connectivity index (χ0v) is 14.0. The highest BCUT2D eigenvalue weighted by Gasteiger charge is 2.13. The van der Waals surface area contributed by atoms with Gasteiger partial charge in [-0.3, -0.25) is 4.79 Å². The van der Waals surface area contributed by atoms with E-state index in [9.17, 15) is 9.18 Å². The van der Waals surface area contributed by atoms with Gasteiger partial charge in [0.1, 0.15) is 23.8 Å². The standard InChI is InChI=1S/C18H22FN5O/c19-15-5-3-4-14(10-15)11-18(25)21-7-6-20-16-12-17(23-13-22-16)24-8-1-2-9-24/h3-5,10,12-13H,1-2,6-9,11H2,(H,21,25)(H,20,22,23). The number of amides is 1. The Labute approximate surface area is 146 Å². The Bertz CT molecular complexity index is 718. The van der Waals surface area contributed by atoms with E-state index in [4.69, 9.17) is 0 Å². The number of carbonyl (C=O) groups excluding carboxylic acids is 1. The van der Waals surface area contributed by atoms with Crippen molar-refractivity contribution in [1.82, 2.24) is 15.3 Å². The quantitative estimate of drug-likeness (QED) is 0.753. The van der Waals surface area contributed by atoms with Crippen LogP contribution >= 0.6 is 0 Å².